The molecule has 0 N–H and O–H groups in total. The van der Waals surface area contributed by atoms with Gasteiger partial charge in [0.1, 0.15) is 11.4 Å². The van der Waals surface area contributed by atoms with Crippen molar-refractivity contribution in [1.82, 2.24) is 5.16 Å². The molecule has 0 bridgehead atoms. The molecular weight excluding hydrogens is 462 g/mol. The largest absolute Gasteiger partial charge is 0.534 e. The molecule has 2 aromatic carbocycles. The molecule has 0 saturated heterocycles. The highest BCUT2D eigenvalue weighted by Crippen LogP contribution is 2.33. The minimum absolute atomic E-state index is 0.110. The van der Waals surface area contributed by atoms with Gasteiger partial charge in [0.05, 0.1) is 0 Å². The molecule has 24 heavy (non-hydrogen) atoms. The summed E-state index contributed by atoms with van der Waals surface area (Å²) in [5.74, 6) is -0.509. The Hall–Kier alpha value is -1.82. The van der Waals surface area contributed by atoms with E-state index in [4.69, 9.17) is 4.52 Å². The highest BCUT2D eigenvalue weighted by atomic mass is 127. The fourth-order valence-electron chi connectivity index (χ4n) is 1.96. The number of aromatic nitrogens is 1. The maximum atomic E-state index is 12.3. The normalized spacial score (nSPS) is 12.5. The number of alkyl halides is 3. The van der Waals surface area contributed by atoms with Gasteiger partial charge in [0.2, 0.25) is 0 Å². The van der Waals surface area contributed by atoms with E-state index in [1.54, 1.807) is 0 Å². The first-order valence-electron chi connectivity index (χ1n) is 6.33. The maximum Gasteiger partial charge on any atom is 0.534 e. The number of halogens is 4. The number of fused-ring (bicyclic) bond motifs is 1. The molecule has 0 aliphatic rings. The third-order valence-electron chi connectivity index (χ3n) is 3.05. The molecule has 126 valence electrons. The van der Waals surface area contributed by atoms with E-state index in [-0.39, 0.29) is 5.58 Å². The number of benzene rings is 2. The Kier molecular flexibility index (Phi) is 4.20. The van der Waals surface area contributed by atoms with Gasteiger partial charge in [0.25, 0.3) is 0 Å². The second kappa shape index (κ2) is 5.92. The van der Waals surface area contributed by atoms with Gasteiger partial charge in [-0.3, -0.25) is 0 Å². The van der Waals surface area contributed by atoms with Gasteiger partial charge in [0, 0.05) is 20.6 Å². The Bertz CT molecular complexity index is 997. The Balaban J connectivity index is 1.98. The number of rotatable bonds is 3. The smallest absolute Gasteiger partial charge is 0.376 e. The van der Waals surface area contributed by atoms with E-state index in [0.717, 1.165) is 21.3 Å². The van der Waals surface area contributed by atoms with Gasteiger partial charge in [0.15, 0.2) is 5.58 Å². The molecule has 10 heteroatoms. The zero-order valence-electron chi connectivity index (χ0n) is 11.5. The fraction of sp³-hybridized carbons (Fsp3) is 0.0714. The van der Waals surface area contributed by atoms with E-state index in [9.17, 15) is 21.6 Å². The minimum Gasteiger partial charge on any atom is -0.376 e. The van der Waals surface area contributed by atoms with Crippen molar-refractivity contribution in [3.63, 3.8) is 0 Å². The first-order valence-corrected chi connectivity index (χ1v) is 8.82. The van der Waals surface area contributed by atoms with Gasteiger partial charge in [-0.2, -0.15) is 21.6 Å². The van der Waals surface area contributed by atoms with Crippen LogP contribution in [0.25, 0.3) is 22.2 Å². The van der Waals surface area contributed by atoms with Crippen molar-refractivity contribution >= 4 is 43.7 Å². The third kappa shape index (κ3) is 3.20. The van der Waals surface area contributed by atoms with Crippen molar-refractivity contribution in [3.05, 3.63) is 46.0 Å². The second-order valence-electron chi connectivity index (χ2n) is 4.68. The van der Waals surface area contributed by atoms with Crippen LogP contribution in [-0.2, 0) is 10.1 Å². The molecule has 0 unspecified atom stereocenters. The predicted octanol–water partition coefficient (Wildman–Crippen LogP) is 4.33. The first-order chi connectivity index (χ1) is 11.2. The molecule has 0 fully saturated rings. The fourth-order valence-corrected chi connectivity index (χ4v) is 2.77. The molecule has 0 aliphatic carbocycles. The van der Waals surface area contributed by atoms with Gasteiger partial charge < -0.3 is 8.71 Å². The quantitative estimate of drug-likeness (QED) is 0.325. The summed E-state index contributed by atoms with van der Waals surface area (Å²) < 4.78 is 69.2. The summed E-state index contributed by atoms with van der Waals surface area (Å²) in [5, 5.41) is 4.40. The number of hydrogen-bond donors (Lipinski definition) is 0. The van der Waals surface area contributed by atoms with E-state index in [2.05, 4.69) is 31.9 Å². The van der Waals surface area contributed by atoms with Crippen LogP contribution in [0.3, 0.4) is 0 Å². The summed E-state index contributed by atoms with van der Waals surface area (Å²) in [6.07, 6.45) is 0. The highest BCUT2D eigenvalue weighted by molar-refractivity contribution is 14.1. The molecule has 3 aromatic rings. The van der Waals surface area contributed by atoms with Crippen LogP contribution in [0.1, 0.15) is 0 Å². The van der Waals surface area contributed by atoms with Crippen molar-refractivity contribution in [2.45, 2.75) is 5.51 Å². The van der Waals surface area contributed by atoms with E-state index >= 15 is 0 Å². The van der Waals surface area contributed by atoms with Gasteiger partial charge in [-0.1, -0.05) is 17.3 Å². The van der Waals surface area contributed by atoms with E-state index in [1.807, 2.05) is 24.3 Å². The number of nitrogens with zero attached hydrogens (tertiary/aromatic N) is 1. The standard InChI is InChI=1S/C14H7F3INO4S/c15-14(16,17)24(20,21)23-10-5-6-11-12(7-10)22-19-13(11)8-1-3-9(18)4-2-8/h1-7H. The van der Waals surface area contributed by atoms with E-state index in [0.29, 0.717) is 11.1 Å². The number of hydrogen-bond acceptors (Lipinski definition) is 5. The summed E-state index contributed by atoms with van der Waals surface area (Å²) in [6.45, 7) is 0. The summed E-state index contributed by atoms with van der Waals surface area (Å²) in [5.41, 5.74) is -4.15. The molecule has 0 radical (unpaired) electrons. The van der Waals surface area contributed by atoms with Gasteiger partial charge in [-0.15, -0.1) is 0 Å². The zero-order chi connectivity index (χ0) is 17.5. The van der Waals surface area contributed by atoms with Crippen LogP contribution in [0.2, 0.25) is 0 Å². The molecule has 1 heterocycles. The van der Waals surface area contributed by atoms with Gasteiger partial charge in [-0.25, -0.2) is 0 Å². The Morgan fingerprint density at radius 1 is 1.08 bits per heavy atom. The van der Waals surface area contributed by atoms with Crippen LogP contribution in [0.15, 0.2) is 47.0 Å². The van der Waals surface area contributed by atoms with Crippen molar-refractivity contribution in [3.8, 4) is 17.0 Å². The highest BCUT2D eigenvalue weighted by Gasteiger charge is 2.48. The predicted molar refractivity (Wildman–Crippen MR) is 87.8 cm³/mol. The summed E-state index contributed by atoms with van der Waals surface area (Å²) >= 11 is 2.15. The van der Waals surface area contributed by atoms with E-state index in [1.165, 1.54) is 6.07 Å². The monoisotopic (exact) mass is 469 g/mol. The molecule has 3 rings (SSSR count). The van der Waals surface area contributed by atoms with Gasteiger partial charge >= 0.3 is 15.6 Å². The van der Waals surface area contributed by atoms with Crippen LogP contribution in [0.5, 0.6) is 5.75 Å². The second-order valence-corrected chi connectivity index (χ2v) is 7.46. The summed E-state index contributed by atoms with van der Waals surface area (Å²) in [7, 11) is -5.73. The summed E-state index contributed by atoms with van der Waals surface area (Å²) in [4.78, 5) is 0. The van der Waals surface area contributed by atoms with Gasteiger partial charge in [-0.05, 0) is 46.9 Å². The lowest BCUT2D eigenvalue weighted by atomic mass is 10.1. The van der Waals surface area contributed by atoms with Crippen LogP contribution >= 0.6 is 22.6 Å². The minimum atomic E-state index is -5.73. The van der Waals surface area contributed by atoms with E-state index < -0.39 is 21.4 Å². The average molecular weight is 469 g/mol. The van der Waals surface area contributed by atoms with Crippen molar-refractivity contribution < 1.29 is 30.3 Å². The lowest BCUT2D eigenvalue weighted by Gasteiger charge is -2.08. The Morgan fingerprint density at radius 2 is 1.75 bits per heavy atom. The molecule has 0 atom stereocenters. The van der Waals surface area contributed by atoms with Crippen molar-refractivity contribution in [2.24, 2.45) is 0 Å². The molecule has 1 aromatic heterocycles. The average Bonchev–Trinajstić information content (AvgIpc) is 2.89. The SMILES string of the molecule is O=S(=O)(Oc1ccc2c(-c3ccc(I)cc3)noc2c1)C(F)(F)F. The molecule has 5 nitrogen and oxygen atoms in total. The molecule has 0 amide bonds. The van der Waals surface area contributed by atoms with Crippen LogP contribution in [-0.4, -0.2) is 19.1 Å². The van der Waals surface area contributed by atoms with Crippen molar-refractivity contribution in [2.75, 3.05) is 0 Å². The third-order valence-corrected chi connectivity index (χ3v) is 4.75. The van der Waals surface area contributed by atoms with Crippen molar-refractivity contribution in [1.29, 1.82) is 0 Å². The Morgan fingerprint density at radius 3 is 2.38 bits per heavy atom. The maximum absolute atomic E-state index is 12.3. The lowest BCUT2D eigenvalue weighted by Crippen LogP contribution is -2.28. The summed E-state index contributed by atoms with van der Waals surface area (Å²) in [6, 6.07) is 10.9. The topological polar surface area (TPSA) is 69.4 Å². The zero-order valence-corrected chi connectivity index (χ0v) is 14.5. The Labute approximate surface area is 147 Å². The molecule has 0 spiro atoms. The molecular formula is C14H7F3INO4S. The molecule has 0 aliphatic heterocycles. The van der Waals surface area contributed by atoms with Crippen LogP contribution < -0.4 is 4.18 Å². The van der Waals surface area contributed by atoms with Crippen LogP contribution in [0.4, 0.5) is 13.2 Å². The van der Waals surface area contributed by atoms with Crippen LogP contribution in [0, 0.1) is 3.57 Å². The lowest BCUT2D eigenvalue weighted by molar-refractivity contribution is -0.0500. The molecule has 0 saturated carbocycles. The first kappa shape index (κ1) is 17.0.